The molecule has 4 rings (SSSR count). The lowest BCUT2D eigenvalue weighted by molar-refractivity contribution is 0.431. The number of rotatable bonds is 4. The van der Waals surface area contributed by atoms with Crippen molar-refractivity contribution in [2.75, 3.05) is 11.9 Å². The highest BCUT2D eigenvalue weighted by Crippen LogP contribution is 2.31. The van der Waals surface area contributed by atoms with E-state index in [1.165, 1.54) is 18.4 Å². The molecule has 1 atom stereocenters. The van der Waals surface area contributed by atoms with E-state index in [0.29, 0.717) is 11.5 Å². The van der Waals surface area contributed by atoms with Gasteiger partial charge in [0.25, 0.3) is 0 Å². The molecule has 1 fully saturated rings. The zero-order valence-corrected chi connectivity index (χ0v) is 15.9. The first-order chi connectivity index (χ1) is 13.7. The van der Waals surface area contributed by atoms with Crippen LogP contribution in [0.4, 0.5) is 5.95 Å². The number of hydrogen-bond acceptors (Lipinski definition) is 5. The summed E-state index contributed by atoms with van der Waals surface area (Å²) in [6, 6.07) is 18.1. The second-order valence-corrected chi connectivity index (χ2v) is 7.16. The molecule has 28 heavy (non-hydrogen) atoms. The Kier molecular flexibility index (Phi) is 5.31. The van der Waals surface area contributed by atoms with Gasteiger partial charge in [-0.05, 0) is 50.4 Å². The minimum absolute atomic E-state index is 0.202. The van der Waals surface area contributed by atoms with Gasteiger partial charge in [-0.15, -0.1) is 0 Å². The molecule has 0 saturated carbocycles. The van der Waals surface area contributed by atoms with E-state index in [-0.39, 0.29) is 6.17 Å². The van der Waals surface area contributed by atoms with Crippen molar-refractivity contribution < 1.29 is 0 Å². The van der Waals surface area contributed by atoms with Gasteiger partial charge in [0.2, 0.25) is 5.95 Å². The maximum Gasteiger partial charge on any atom is 0.224 e. The van der Waals surface area contributed by atoms with Crippen LogP contribution in [0.2, 0.25) is 0 Å². The first kappa shape index (κ1) is 18.1. The van der Waals surface area contributed by atoms with Crippen molar-refractivity contribution in [3.63, 3.8) is 0 Å². The van der Waals surface area contributed by atoms with Gasteiger partial charge in [0.1, 0.15) is 0 Å². The Morgan fingerprint density at radius 1 is 1.04 bits per heavy atom. The van der Waals surface area contributed by atoms with E-state index in [9.17, 15) is 0 Å². The molecule has 0 radical (unpaired) electrons. The zero-order chi connectivity index (χ0) is 19.3. The van der Waals surface area contributed by atoms with Crippen molar-refractivity contribution in [3.05, 3.63) is 65.9 Å². The topological polar surface area (TPSA) is 73.6 Å². The van der Waals surface area contributed by atoms with Crippen LogP contribution in [0.5, 0.6) is 0 Å². The van der Waals surface area contributed by atoms with Crippen molar-refractivity contribution in [1.29, 1.82) is 5.26 Å². The van der Waals surface area contributed by atoms with Gasteiger partial charge >= 0.3 is 0 Å². The van der Waals surface area contributed by atoms with Gasteiger partial charge in [-0.2, -0.15) is 5.26 Å². The van der Waals surface area contributed by atoms with Gasteiger partial charge in [0.05, 0.1) is 23.5 Å². The molecule has 0 aliphatic carbocycles. The van der Waals surface area contributed by atoms with Crippen LogP contribution in [0.3, 0.4) is 0 Å². The highest BCUT2D eigenvalue weighted by atomic mass is 15.2. The minimum Gasteiger partial charge on any atom is -0.339 e. The van der Waals surface area contributed by atoms with E-state index >= 15 is 0 Å². The second kappa shape index (κ2) is 8.20. The average molecular weight is 369 g/mol. The number of nitrogens with zero attached hydrogens (tertiary/aromatic N) is 3. The number of piperidine rings is 1. The first-order valence-electron chi connectivity index (χ1n) is 9.67. The fraction of sp³-hybridized carbons (Fsp3) is 0.261. The third-order valence-corrected chi connectivity index (χ3v) is 5.05. The summed E-state index contributed by atoms with van der Waals surface area (Å²) >= 11 is 0. The molecular weight excluding hydrogens is 346 g/mol. The summed E-state index contributed by atoms with van der Waals surface area (Å²) in [4.78, 5) is 9.42. The molecule has 0 spiro atoms. The van der Waals surface area contributed by atoms with Crippen LogP contribution < -0.4 is 10.6 Å². The maximum absolute atomic E-state index is 9.09. The quantitative estimate of drug-likeness (QED) is 0.708. The number of nitrogens with one attached hydrogen (secondary N) is 2. The molecule has 5 nitrogen and oxygen atoms in total. The third-order valence-electron chi connectivity index (χ3n) is 5.05. The standard InChI is InChI=1S/C23H23N5/c1-16-5-9-18(10-6-16)20-15-26-23(27-21-4-2-3-13-25-21)28-22(20)19-11-7-17(14-24)8-12-19/h5-12,15,21,25H,2-4,13H2,1H3,(H,26,27,28). The normalized spacial score (nSPS) is 16.4. The summed E-state index contributed by atoms with van der Waals surface area (Å²) in [7, 11) is 0. The van der Waals surface area contributed by atoms with Crippen molar-refractivity contribution in [2.24, 2.45) is 0 Å². The Labute approximate surface area is 165 Å². The number of benzene rings is 2. The van der Waals surface area contributed by atoms with Crippen LogP contribution in [0.15, 0.2) is 54.7 Å². The fourth-order valence-corrected chi connectivity index (χ4v) is 3.45. The molecule has 2 aromatic carbocycles. The van der Waals surface area contributed by atoms with Gasteiger partial charge in [-0.25, -0.2) is 9.97 Å². The van der Waals surface area contributed by atoms with Crippen LogP contribution in [-0.4, -0.2) is 22.7 Å². The molecule has 0 amide bonds. The summed E-state index contributed by atoms with van der Waals surface area (Å²) in [5, 5.41) is 16.0. The van der Waals surface area contributed by atoms with E-state index in [1.807, 2.05) is 30.5 Å². The molecule has 2 heterocycles. The Bertz CT molecular complexity index is 981. The van der Waals surface area contributed by atoms with Crippen LogP contribution in [0.25, 0.3) is 22.4 Å². The minimum atomic E-state index is 0.202. The highest BCUT2D eigenvalue weighted by molar-refractivity contribution is 5.81. The molecule has 1 aliphatic rings. The molecule has 3 aromatic rings. The van der Waals surface area contributed by atoms with Gasteiger partial charge in [-0.1, -0.05) is 42.0 Å². The van der Waals surface area contributed by atoms with E-state index in [2.05, 4.69) is 52.9 Å². The Balaban J connectivity index is 1.74. The van der Waals surface area contributed by atoms with Crippen molar-refractivity contribution in [2.45, 2.75) is 32.4 Å². The molecule has 1 aliphatic heterocycles. The summed E-state index contributed by atoms with van der Waals surface area (Å²) in [5.74, 6) is 0.620. The van der Waals surface area contributed by atoms with Gasteiger partial charge in [-0.3, -0.25) is 5.32 Å². The maximum atomic E-state index is 9.09. The van der Waals surface area contributed by atoms with Crippen LogP contribution >= 0.6 is 0 Å². The average Bonchev–Trinajstić information content (AvgIpc) is 2.75. The van der Waals surface area contributed by atoms with Crippen LogP contribution in [-0.2, 0) is 0 Å². The van der Waals surface area contributed by atoms with Crippen LogP contribution in [0, 0.1) is 18.3 Å². The number of hydrogen-bond donors (Lipinski definition) is 2. The summed E-state index contributed by atoms with van der Waals surface area (Å²) < 4.78 is 0. The number of anilines is 1. The molecule has 0 bridgehead atoms. The van der Waals surface area contributed by atoms with Gasteiger partial charge in [0, 0.05) is 17.3 Å². The van der Waals surface area contributed by atoms with E-state index in [1.54, 1.807) is 0 Å². The molecular formula is C23H23N5. The van der Waals surface area contributed by atoms with Crippen LogP contribution in [0.1, 0.15) is 30.4 Å². The van der Waals surface area contributed by atoms with Crippen molar-refractivity contribution >= 4 is 5.95 Å². The molecule has 1 unspecified atom stereocenters. The smallest absolute Gasteiger partial charge is 0.224 e. The predicted molar refractivity (Wildman–Crippen MR) is 112 cm³/mol. The van der Waals surface area contributed by atoms with E-state index in [4.69, 9.17) is 10.2 Å². The number of nitriles is 1. The number of aromatic nitrogens is 2. The summed E-state index contributed by atoms with van der Waals surface area (Å²) in [6.07, 6.45) is 5.56. The zero-order valence-electron chi connectivity index (χ0n) is 15.9. The molecule has 140 valence electrons. The molecule has 5 heteroatoms. The Hall–Kier alpha value is -3.23. The molecule has 1 aromatic heterocycles. The predicted octanol–water partition coefficient (Wildman–Crippen LogP) is 4.50. The molecule has 2 N–H and O–H groups in total. The van der Waals surface area contributed by atoms with Gasteiger partial charge in [0.15, 0.2) is 0 Å². The number of aryl methyl sites for hydroxylation is 1. The van der Waals surface area contributed by atoms with Gasteiger partial charge < -0.3 is 5.32 Å². The monoisotopic (exact) mass is 369 g/mol. The second-order valence-electron chi connectivity index (χ2n) is 7.16. The van der Waals surface area contributed by atoms with Crippen molar-refractivity contribution in [1.82, 2.24) is 15.3 Å². The lowest BCUT2D eigenvalue weighted by Gasteiger charge is -2.24. The molecule has 1 saturated heterocycles. The van der Waals surface area contributed by atoms with Crippen molar-refractivity contribution in [3.8, 4) is 28.5 Å². The van der Waals surface area contributed by atoms with E-state index < -0.39 is 0 Å². The third kappa shape index (κ3) is 4.03. The van der Waals surface area contributed by atoms with E-state index in [0.717, 1.165) is 35.3 Å². The largest absolute Gasteiger partial charge is 0.339 e. The SMILES string of the molecule is Cc1ccc(-c2cnc(NC3CCCCN3)nc2-c2ccc(C#N)cc2)cc1. The lowest BCUT2D eigenvalue weighted by Crippen LogP contribution is -2.40. The fourth-order valence-electron chi connectivity index (χ4n) is 3.45. The Morgan fingerprint density at radius 3 is 2.46 bits per heavy atom. The highest BCUT2D eigenvalue weighted by Gasteiger charge is 2.16. The summed E-state index contributed by atoms with van der Waals surface area (Å²) in [5.41, 5.74) is 5.74. The first-order valence-corrected chi connectivity index (χ1v) is 9.67. The lowest BCUT2D eigenvalue weighted by atomic mass is 9.99. The Morgan fingerprint density at radius 2 is 1.79 bits per heavy atom. The summed E-state index contributed by atoms with van der Waals surface area (Å²) in [6.45, 7) is 3.09.